The largest absolute Gasteiger partial charge is 0.0776 e. The molecule has 0 amide bonds. The van der Waals surface area contributed by atoms with Crippen LogP contribution in [0.15, 0.2) is 0 Å². The predicted octanol–water partition coefficient (Wildman–Crippen LogP) is 1.34. The van der Waals surface area contributed by atoms with E-state index in [0.717, 1.165) is 0 Å². The van der Waals surface area contributed by atoms with Gasteiger partial charge in [-0.3, -0.25) is 0 Å². The van der Waals surface area contributed by atoms with Gasteiger partial charge in [0, 0.05) is 32.3 Å². The van der Waals surface area contributed by atoms with Gasteiger partial charge in [0.1, 0.15) is 0 Å². The van der Waals surface area contributed by atoms with Gasteiger partial charge in [-0.1, -0.05) is 14.9 Å². The Bertz CT molecular complexity index is 7.61. The fourth-order valence-corrected chi connectivity index (χ4v) is 0. The van der Waals surface area contributed by atoms with Crippen molar-refractivity contribution >= 4 is 0 Å². The summed E-state index contributed by atoms with van der Waals surface area (Å²) < 4.78 is 0. The molecule has 0 aromatic carbocycles. The molecular formula is C2H8AgO2. The average molecular weight is 172 g/mol. The molecule has 0 aliphatic carbocycles. The van der Waals surface area contributed by atoms with E-state index in [1.54, 1.807) is 0 Å². The Labute approximate surface area is 47.7 Å². The van der Waals surface area contributed by atoms with Crippen molar-refractivity contribution in [2.24, 2.45) is 0 Å². The van der Waals surface area contributed by atoms with E-state index in [-0.39, 0.29) is 37.2 Å². The van der Waals surface area contributed by atoms with Gasteiger partial charge in [-0.05, 0) is 0 Å². The van der Waals surface area contributed by atoms with Crippen LogP contribution in [0.5, 0.6) is 0 Å². The van der Waals surface area contributed by atoms with Gasteiger partial charge in [-0.25, -0.2) is 0 Å². The van der Waals surface area contributed by atoms with Crippen LogP contribution in [0.1, 0.15) is 14.9 Å². The van der Waals surface area contributed by atoms with Crippen LogP contribution in [0.2, 0.25) is 0 Å². The van der Waals surface area contributed by atoms with Crippen molar-refractivity contribution in [1.82, 2.24) is 0 Å². The third-order valence-electron chi connectivity index (χ3n) is 0. The molecule has 0 heterocycles. The van der Waals surface area contributed by atoms with Crippen LogP contribution >= 0.6 is 0 Å². The van der Waals surface area contributed by atoms with Crippen molar-refractivity contribution in [3.8, 4) is 0 Å². The van der Waals surface area contributed by atoms with Crippen LogP contribution in [0.3, 0.4) is 0 Å². The second-order valence-electron chi connectivity index (χ2n) is 0. The van der Waals surface area contributed by atoms with E-state index in [1.807, 2.05) is 0 Å². The molecule has 1 radical (unpaired) electrons. The van der Waals surface area contributed by atoms with E-state index in [4.69, 9.17) is 9.93 Å². The first-order valence-corrected chi connectivity index (χ1v) is 0.167. The fraction of sp³-hybridized carbons (Fsp3) is 1.00. The molecular weight excluding hydrogens is 164 g/mol. The van der Waals surface area contributed by atoms with Gasteiger partial charge in [-0.2, -0.15) is 0 Å². The minimum absolute atomic E-state index is 0. The zero-order valence-corrected chi connectivity index (χ0v) is 2.60. The van der Waals surface area contributed by atoms with Crippen LogP contribution < -0.4 is 0 Å². The monoisotopic (exact) mass is 171 g/mol. The Kier molecular flexibility index (Phi) is 4680. The van der Waals surface area contributed by atoms with Crippen molar-refractivity contribution in [1.29, 1.82) is 0 Å². The maximum Gasteiger partial charge on any atom is 0 e. The van der Waals surface area contributed by atoms with Gasteiger partial charge in [0.2, 0.25) is 0 Å². The van der Waals surface area contributed by atoms with E-state index in [9.17, 15) is 0 Å². The smallest absolute Gasteiger partial charge is 0 e. The predicted molar refractivity (Wildman–Crippen MR) is 20.2 cm³/mol. The van der Waals surface area contributed by atoms with Gasteiger partial charge in [-0.15, -0.1) is 0 Å². The molecule has 3 heteroatoms. The minimum atomic E-state index is 0. The molecule has 2 nitrogen and oxygen atoms in total. The summed E-state index contributed by atoms with van der Waals surface area (Å²) in [5.74, 6) is 0. The Hall–Kier alpha value is 0.340. The molecule has 0 fully saturated rings. The second-order valence-corrected chi connectivity index (χ2v) is 0. The fourth-order valence-electron chi connectivity index (χ4n) is 0. The third kappa shape index (κ3) is 205. The van der Waals surface area contributed by atoms with Gasteiger partial charge in [0.25, 0.3) is 0 Å². The third-order valence-corrected chi connectivity index (χ3v) is 0. The molecule has 5 heavy (non-hydrogen) atoms. The Morgan fingerprint density at radius 3 is 0.800 bits per heavy atom. The average Bonchev–Trinajstić information content (AvgIpc) is 1.00. The van der Waals surface area contributed by atoms with E-state index >= 15 is 0 Å². The SMILES string of the molecule is C.C.O=O.[Ag]. The quantitative estimate of drug-likeness (QED) is 0.516. The summed E-state index contributed by atoms with van der Waals surface area (Å²) in [5.41, 5.74) is 0. The van der Waals surface area contributed by atoms with Gasteiger partial charge in [0.05, 0.1) is 0 Å². The maximum absolute atomic E-state index is 7.00. The van der Waals surface area contributed by atoms with Crippen LogP contribution in [0, 0.1) is 9.93 Å². The molecule has 0 aliphatic rings. The second kappa shape index (κ2) is 418. The molecule has 0 N–H and O–H groups in total. The van der Waals surface area contributed by atoms with Gasteiger partial charge < -0.3 is 0 Å². The standard InChI is InChI=1S/2CH4.Ag.O2/c;;;1-2/h2*1H4;;. The van der Waals surface area contributed by atoms with E-state index in [2.05, 4.69) is 0 Å². The number of hydrogen-bond acceptors (Lipinski definition) is 2. The number of hydrogen-bond donors (Lipinski definition) is 0. The molecule has 0 bridgehead atoms. The van der Waals surface area contributed by atoms with Crippen molar-refractivity contribution < 1.29 is 22.4 Å². The molecule has 0 saturated heterocycles. The first kappa shape index (κ1) is 56.0. The summed E-state index contributed by atoms with van der Waals surface area (Å²) in [7, 11) is 0. The minimum Gasteiger partial charge on any atom is -0.0776 e. The molecule has 0 atom stereocenters. The summed E-state index contributed by atoms with van der Waals surface area (Å²) in [5, 5.41) is 0. The molecule has 0 aliphatic heterocycles. The number of rotatable bonds is 0. The molecule has 0 aromatic heterocycles. The van der Waals surface area contributed by atoms with Crippen LogP contribution in [-0.4, -0.2) is 0 Å². The van der Waals surface area contributed by atoms with Crippen molar-refractivity contribution in [2.75, 3.05) is 0 Å². The summed E-state index contributed by atoms with van der Waals surface area (Å²) in [4.78, 5) is 14.0. The van der Waals surface area contributed by atoms with Crippen LogP contribution in [0.4, 0.5) is 0 Å². The first-order chi connectivity index (χ1) is 1.00. The van der Waals surface area contributed by atoms with Crippen molar-refractivity contribution in [3.63, 3.8) is 0 Å². The van der Waals surface area contributed by atoms with E-state index in [1.165, 1.54) is 0 Å². The first-order valence-electron chi connectivity index (χ1n) is 0.167. The van der Waals surface area contributed by atoms with Gasteiger partial charge >= 0.3 is 0 Å². The van der Waals surface area contributed by atoms with Gasteiger partial charge in [0.15, 0.2) is 0 Å². The summed E-state index contributed by atoms with van der Waals surface area (Å²) >= 11 is 0. The molecule has 0 saturated carbocycles. The van der Waals surface area contributed by atoms with Crippen molar-refractivity contribution in [3.05, 3.63) is 9.93 Å². The molecule has 39 valence electrons. The Balaban J connectivity index is -0.00000000167. The summed E-state index contributed by atoms with van der Waals surface area (Å²) in [6, 6.07) is 0. The summed E-state index contributed by atoms with van der Waals surface area (Å²) in [6.45, 7) is 0. The molecule has 0 aromatic rings. The van der Waals surface area contributed by atoms with Crippen LogP contribution in [-0.2, 0) is 22.4 Å². The zero-order chi connectivity index (χ0) is 2.00. The van der Waals surface area contributed by atoms with Crippen LogP contribution in [0.25, 0.3) is 0 Å². The topological polar surface area (TPSA) is 34.1 Å². The Morgan fingerprint density at radius 2 is 0.800 bits per heavy atom. The Morgan fingerprint density at radius 1 is 0.800 bits per heavy atom. The maximum atomic E-state index is 7.00. The normalized spacial score (nSPS) is 0.800. The zero-order valence-electron chi connectivity index (χ0n) is 1.12. The molecule has 0 spiro atoms. The molecule has 0 rings (SSSR count). The van der Waals surface area contributed by atoms with E-state index in [0.29, 0.717) is 0 Å². The van der Waals surface area contributed by atoms with Crippen molar-refractivity contribution in [2.45, 2.75) is 14.9 Å². The molecule has 0 unspecified atom stereocenters. The van der Waals surface area contributed by atoms with E-state index < -0.39 is 0 Å². The summed E-state index contributed by atoms with van der Waals surface area (Å²) in [6.07, 6.45) is 0.